The molecule has 0 aromatic carbocycles. The van der Waals surface area contributed by atoms with Crippen molar-refractivity contribution >= 4 is 0 Å². The third-order valence-electron chi connectivity index (χ3n) is 1.81. The van der Waals surface area contributed by atoms with Crippen molar-refractivity contribution in [2.45, 2.75) is 66.2 Å². The Labute approximate surface area is 85.3 Å². The summed E-state index contributed by atoms with van der Waals surface area (Å²) >= 11 is 0. The molecule has 1 N–H and O–H groups in total. The second-order valence-corrected chi connectivity index (χ2v) is 3.46. The van der Waals surface area contributed by atoms with E-state index < -0.39 is 0 Å². The summed E-state index contributed by atoms with van der Waals surface area (Å²) in [6.45, 7) is 11.2. The molecule has 82 valence electrons. The van der Waals surface area contributed by atoms with E-state index in [-0.39, 0.29) is 0 Å². The first-order valence-corrected chi connectivity index (χ1v) is 6.04. The van der Waals surface area contributed by atoms with Crippen molar-refractivity contribution in [3.8, 4) is 0 Å². The van der Waals surface area contributed by atoms with Crippen LogP contribution in [0.15, 0.2) is 0 Å². The van der Waals surface area contributed by atoms with Crippen LogP contribution in [0.2, 0.25) is 0 Å². The molecule has 0 rings (SSSR count). The second-order valence-electron chi connectivity index (χ2n) is 3.46. The minimum atomic E-state index is 1.17. The van der Waals surface area contributed by atoms with Gasteiger partial charge in [-0.25, -0.2) is 0 Å². The molecule has 0 aromatic heterocycles. The lowest BCUT2D eigenvalue weighted by atomic mass is 10.2. The van der Waals surface area contributed by atoms with Crippen LogP contribution in [0.1, 0.15) is 66.2 Å². The van der Waals surface area contributed by atoms with Crippen LogP contribution in [0, 0.1) is 0 Å². The number of hydrogen-bond acceptors (Lipinski definition) is 1. The van der Waals surface area contributed by atoms with Crippen molar-refractivity contribution in [2.24, 2.45) is 0 Å². The summed E-state index contributed by atoms with van der Waals surface area (Å²) in [4.78, 5) is 0. The van der Waals surface area contributed by atoms with Gasteiger partial charge in [0.05, 0.1) is 0 Å². The van der Waals surface area contributed by atoms with Crippen LogP contribution in [0.5, 0.6) is 0 Å². The van der Waals surface area contributed by atoms with Crippen LogP contribution in [0.4, 0.5) is 0 Å². The maximum atomic E-state index is 3.28. The standard InChI is InChI=1S/C6H15N.C6H14/c1-3-5-7-6-4-2;1-3-5-6-4-2/h7H,3-6H2,1-2H3;3-6H2,1-2H3. The lowest BCUT2D eigenvalue weighted by Crippen LogP contribution is -2.14. The molecule has 0 atom stereocenters. The van der Waals surface area contributed by atoms with Gasteiger partial charge in [-0.05, 0) is 25.9 Å². The fraction of sp³-hybridized carbons (Fsp3) is 1.00. The summed E-state index contributed by atoms with van der Waals surface area (Å²) in [6.07, 6.45) is 8.04. The summed E-state index contributed by atoms with van der Waals surface area (Å²) in [6, 6.07) is 0. The Bertz CT molecular complexity index is 54.1. The summed E-state index contributed by atoms with van der Waals surface area (Å²) in [5, 5.41) is 3.28. The third-order valence-corrected chi connectivity index (χ3v) is 1.81. The van der Waals surface area contributed by atoms with Crippen molar-refractivity contribution < 1.29 is 0 Å². The van der Waals surface area contributed by atoms with Crippen molar-refractivity contribution in [1.82, 2.24) is 5.32 Å². The first kappa shape index (κ1) is 15.4. The van der Waals surface area contributed by atoms with Crippen molar-refractivity contribution in [2.75, 3.05) is 13.1 Å². The fourth-order valence-corrected chi connectivity index (χ4v) is 0.979. The highest BCUT2D eigenvalue weighted by atomic mass is 14.8. The van der Waals surface area contributed by atoms with E-state index in [2.05, 4.69) is 33.0 Å². The van der Waals surface area contributed by atoms with Gasteiger partial charge < -0.3 is 5.32 Å². The normalized spacial score (nSPS) is 9.23. The SMILES string of the molecule is CCCCCC.CCCNCCC. The molecule has 0 spiro atoms. The third kappa shape index (κ3) is 24.5. The number of rotatable bonds is 7. The molecule has 0 aromatic rings. The quantitative estimate of drug-likeness (QED) is 0.594. The van der Waals surface area contributed by atoms with Crippen LogP contribution in [0.3, 0.4) is 0 Å². The van der Waals surface area contributed by atoms with Crippen molar-refractivity contribution in [3.05, 3.63) is 0 Å². The Morgan fingerprint density at radius 2 is 1.00 bits per heavy atom. The molecule has 1 nitrogen and oxygen atoms in total. The molecule has 1 heteroatoms. The van der Waals surface area contributed by atoms with Crippen LogP contribution >= 0.6 is 0 Å². The van der Waals surface area contributed by atoms with Gasteiger partial charge in [0.15, 0.2) is 0 Å². The molecular formula is C12H29N. The molecule has 0 heterocycles. The molecule has 0 bridgehead atoms. The minimum absolute atomic E-state index is 1.17. The number of unbranched alkanes of at least 4 members (excludes halogenated alkanes) is 3. The molecular weight excluding hydrogens is 158 g/mol. The van der Waals surface area contributed by atoms with Gasteiger partial charge in [0.1, 0.15) is 0 Å². The summed E-state index contributed by atoms with van der Waals surface area (Å²) in [5.41, 5.74) is 0. The summed E-state index contributed by atoms with van der Waals surface area (Å²) in [5.74, 6) is 0. The summed E-state index contributed by atoms with van der Waals surface area (Å²) in [7, 11) is 0. The van der Waals surface area contributed by atoms with E-state index in [9.17, 15) is 0 Å². The Kier molecular flexibility index (Phi) is 21.2. The monoisotopic (exact) mass is 187 g/mol. The average molecular weight is 187 g/mol. The second kappa shape index (κ2) is 17.9. The highest BCUT2D eigenvalue weighted by Gasteiger charge is 1.76. The Balaban J connectivity index is 0. The van der Waals surface area contributed by atoms with Gasteiger partial charge in [0.25, 0.3) is 0 Å². The zero-order valence-electron chi connectivity index (χ0n) is 10.2. The van der Waals surface area contributed by atoms with E-state index >= 15 is 0 Å². The van der Waals surface area contributed by atoms with Crippen LogP contribution in [-0.2, 0) is 0 Å². The predicted octanol–water partition coefficient (Wildman–Crippen LogP) is 3.98. The molecule has 0 fully saturated rings. The topological polar surface area (TPSA) is 12.0 Å². The molecule has 0 aliphatic heterocycles. The smallest absolute Gasteiger partial charge is 0.00516 e. The first-order valence-electron chi connectivity index (χ1n) is 6.04. The predicted molar refractivity (Wildman–Crippen MR) is 63.3 cm³/mol. The zero-order chi connectivity index (χ0) is 10.4. The van der Waals surface area contributed by atoms with Gasteiger partial charge in [-0.2, -0.15) is 0 Å². The molecule has 13 heavy (non-hydrogen) atoms. The molecule has 0 amide bonds. The van der Waals surface area contributed by atoms with Crippen LogP contribution < -0.4 is 5.32 Å². The molecule has 0 aliphatic rings. The van der Waals surface area contributed by atoms with Crippen molar-refractivity contribution in [1.29, 1.82) is 0 Å². The van der Waals surface area contributed by atoms with E-state index in [0.717, 1.165) is 0 Å². The van der Waals surface area contributed by atoms with Crippen LogP contribution in [-0.4, -0.2) is 13.1 Å². The van der Waals surface area contributed by atoms with Gasteiger partial charge in [-0.3, -0.25) is 0 Å². The molecule has 0 aliphatic carbocycles. The molecule has 0 saturated carbocycles. The van der Waals surface area contributed by atoms with E-state index in [0.29, 0.717) is 0 Å². The highest BCUT2D eigenvalue weighted by Crippen LogP contribution is 1.95. The van der Waals surface area contributed by atoms with Gasteiger partial charge >= 0.3 is 0 Å². The Morgan fingerprint density at radius 3 is 1.23 bits per heavy atom. The highest BCUT2D eigenvalue weighted by molar-refractivity contribution is 4.39. The van der Waals surface area contributed by atoms with Gasteiger partial charge in [-0.15, -0.1) is 0 Å². The lowest BCUT2D eigenvalue weighted by Gasteiger charge is -1.95. The Hall–Kier alpha value is -0.0400. The molecule has 0 saturated heterocycles. The van der Waals surface area contributed by atoms with E-state index in [4.69, 9.17) is 0 Å². The van der Waals surface area contributed by atoms with Gasteiger partial charge in [0.2, 0.25) is 0 Å². The maximum absolute atomic E-state index is 3.28. The van der Waals surface area contributed by atoms with E-state index in [1.165, 1.54) is 51.6 Å². The molecule has 0 unspecified atom stereocenters. The van der Waals surface area contributed by atoms with Crippen LogP contribution in [0.25, 0.3) is 0 Å². The van der Waals surface area contributed by atoms with Crippen molar-refractivity contribution in [3.63, 3.8) is 0 Å². The van der Waals surface area contributed by atoms with Gasteiger partial charge in [-0.1, -0.05) is 53.4 Å². The lowest BCUT2D eigenvalue weighted by molar-refractivity contribution is 0.662. The Morgan fingerprint density at radius 1 is 0.615 bits per heavy atom. The van der Waals surface area contributed by atoms with E-state index in [1.54, 1.807) is 0 Å². The van der Waals surface area contributed by atoms with Gasteiger partial charge in [0, 0.05) is 0 Å². The summed E-state index contributed by atoms with van der Waals surface area (Å²) < 4.78 is 0. The average Bonchev–Trinajstić information content (AvgIpc) is 2.17. The number of hydrogen-bond donors (Lipinski definition) is 1. The first-order chi connectivity index (χ1) is 6.33. The number of nitrogens with one attached hydrogen (secondary N) is 1. The maximum Gasteiger partial charge on any atom is -0.00516 e. The fourth-order valence-electron chi connectivity index (χ4n) is 0.979. The van der Waals surface area contributed by atoms with E-state index in [1.807, 2.05) is 0 Å². The zero-order valence-corrected chi connectivity index (χ0v) is 10.2. The largest absolute Gasteiger partial charge is 0.317 e. The molecule has 0 radical (unpaired) electrons. The minimum Gasteiger partial charge on any atom is -0.317 e.